The number of imidazole rings is 1. The van der Waals surface area contributed by atoms with Crippen LogP contribution in [-0.2, 0) is 23.1 Å². The Morgan fingerprint density at radius 2 is 1.73 bits per heavy atom. The highest BCUT2D eigenvalue weighted by Gasteiger charge is 2.42. The minimum atomic E-state index is -0.806. The van der Waals surface area contributed by atoms with Crippen LogP contribution in [0, 0.1) is 24.4 Å². The number of pyridine rings is 1. The molecular weight excluding hydrogens is 802 g/mol. The van der Waals surface area contributed by atoms with Crippen LogP contribution in [0.4, 0.5) is 36.4 Å². The molecule has 2 aromatic carbocycles. The van der Waals surface area contributed by atoms with Crippen LogP contribution in [-0.4, -0.2) is 120 Å². The number of likely N-dealkylation sites (N-methyl/N-ethyl adjacent to an activating group) is 1. The lowest BCUT2D eigenvalue weighted by atomic mass is 10.1. The number of carbonyl (C=O) groups is 1. The number of rotatable bonds is 6. The van der Waals surface area contributed by atoms with Crippen molar-refractivity contribution in [2.24, 2.45) is 7.05 Å². The van der Waals surface area contributed by atoms with Gasteiger partial charge in [-0.05, 0) is 50.1 Å². The summed E-state index contributed by atoms with van der Waals surface area (Å²) in [6.45, 7) is 6.09. The first-order valence-corrected chi connectivity index (χ1v) is 20.7. The maximum atomic E-state index is 15.5. The van der Waals surface area contributed by atoms with Crippen LogP contribution in [0.5, 0.6) is 0 Å². The predicted molar refractivity (Wildman–Crippen MR) is 228 cm³/mol. The van der Waals surface area contributed by atoms with Crippen molar-refractivity contribution in [3.05, 3.63) is 90.4 Å². The summed E-state index contributed by atoms with van der Waals surface area (Å²) in [5.41, 5.74) is 3.64. The van der Waals surface area contributed by atoms with Crippen LogP contribution in [0.2, 0.25) is 0 Å². The maximum Gasteiger partial charge on any atom is 0.245 e. The molecule has 62 heavy (non-hydrogen) atoms. The Balaban J connectivity index is 1.10. The first-order valence-electron chi connectivity index (χ1n) is 20.7. The molecule has 1 N–H and O–H groups in total. The highest BCUT2D eigenvalue weighted by Crippen LogP contribution is 2.38. The van der Waals surface area contributed by atoms with Gasteiger partial charge in [-0.25, -0.2) is 27.8 Å². The third kappa shape index (κ3) is 6.70. The van der Waals surface area contributed by atoms with Crippen molar-refractivity contribution >= 4 is 51.2 Å². The number of methoxy groups -OCH3 is 1. The number of halogens is 3. The average Bonchev–Trinajstić information content (AvgIpc) is 4.10. The minimum absolute atomic E-state index is 0.0145. The second-order valence-electron chi connectivity index (χ2n) is 16.2. The molecule has 0 saturated carbocycles. The van der Waals surface area contributed by atoms with Crippen molar-refractivity contribution in [1.82, 2.24) is 49.0 Å². The van der Waals surface area contributed by atoms with E-state index in [1.54, 1.807) is 29.9 Å². The molecule has 3 aliphatic heterocycles. The number of hydrogen-bond acceptors (Lipinski definition) is 12. The fraction of sp³-hybridized carbons (Fsp3) is 0.372. The molecule has 320 valence electrons. The summed E-state index contributed by atoms with van der Waals surface area (Å²) in [5, 5.41) is 13.1. The largest absolute Gasteiger partial charge is 0.378 e. The van der Waals surface area contributed by atoms with Gasteiger partial charge < -0.3 is 34.2 Å². The number of aryl methyl sites for hydroxylation is 2. The monoisotopic (exact) mass is 846 g/mol. The Labute approximate surface area is 354 Å². The normalized spacial score (nSPS) is 20.7. The first kappa shape index (κ1) is 39.4. The molecule has 4 bridgehead atoms. The van der Waals surface area contributed by atoms with E-state index >= 15 is 8.78 Å². The third-order valence-corrected chi connectivity index (χ3v) is 12.3. The molecule has 8 heterocycles. The lowest BCUT2D eigenvalue weighted by Gasteiger charge is -2.32. The summed E-state index contributed by atoms with van der Waals surface area (Å²) >= 11 is 0. The van der Waals surface area contributed by atoms with Crippen LogP contribution in [0.25, 0.3) is 39.0 Å². The summed E-state index contributed by atoms with van der Waals surface area (Å²) < 4.78 is 56.0. The third-order valence-electron chi connectivity index (χ3n) is 12.3. The highest BCUT2D eigenvalue weighted by molar-refractivity contribution is 5.94. The molecular formula is C43H45F3N14O2. The van der Waals surface area contributed by atoms with Crippen molar-refractivity contribution in [2.45, 2.75) is 57.6 Å². The summed E-state index contributed by atoms with van der Waals surface area (Å²) in [6.07, 6.45) is 5.83. The number of anilines is 4. The van der Waals surface area contributed by atoms with Gasteiger partial charge in [-0.1, -0.05) is 13.0 Å². The molecule has 2 fully saturated rings. The lowest BCUT2D eigenvalue weighted by molar-refractivity contribution is -0.132. The maximum absolute atomic E-state index is 15.5. The van der Waals surface area contributed by atoms with Crippen molar-refractivity contribution in [3.8, 4) is 16.9 Å². The summed E-state index contributed by atoms with van der Waals surface area (Å²) in [5.74, 6) is -0.0872. The number of hydrogen-bond donors (Lipinski definition) is 1. The molecule has 3 aliphatic rings. The van der Waals surface area contributed by atoms with Crippen molar-refractivity contribution < 1.29 is 22.7 Å². The van der Waals surface area contributed by atoms with Crippen LogP contribution in [0.1, 0.15) is 25.6 Å². The van der Waals surface area contributed by atoms with E-state index in [9.17, 15) is 9.18 Å². The SMILES string of the molecule is CCC1N(c2cnn(C)c2)CCN1c1nc(N2C[C@@H]3C[C@H]2C(=O)N(C)C[C@H](OC)Cn2c(C)nc4cc(F)cc(c42)-c2cccc(n2)N3)c2cnn(-c3ccc(F)cc3F)c2n1. The van der Waals surface area contributed by atoms with Crippen LogP contribution in [0.3, 0.4) is 0 Å². The highest BCUT2D eigenvalue weighted by atomic mass is 19.1. The second kappa shape index (κ2) is 15.3. The van der Waals surface area contributed by atoms with Gasteiger partial charge in [0.15, 0.2) is 11.5 Å². The fourth-order valence-corrected chi connectivity index (χ4v) is 9.38. The Bertz CT molecular complexity index is 2860. The predicted octanol–water partition coefficient (Wildman–Crippen LogP) is 5.30. The van der Waals surface area contributed by atoms with Crippen LogP contribution < -0.4 is 20.0 Å². The smallest absolute Gasteiger partial charge is 0.245 e. The molecule has 4 atom stereocenters. The fourth-order valence-electron chi connectivity index (χ4n) is 9.38. The number of fused-ring (bicyclic) bond motifs is 6. The number of nitrogens with zero attached hydrogens (tertiary/aromatic N) is 13. The summed E-state index contributed by atoms with van der Waals surface area (Å²) in [6, 6.07) is 10.7. The van der Waals surface area contributed by atoms with Crippen LogP contribution >= 0.6 is 0 Å². The number of nitrogens with one attached hydrogen (secondary N) is 1. The van der Waals surface area contributed by atoms with Gasteiger partial charge in [0.25, 0.3) is 0 Å². The standard InChI is InChI=1S/C43H45F3N14O2/c1-6-38-56(28-18-47-55(4)21-28)12-13-57(38)43-52-40(31-19-48-60(41(31)53-43)35-11-10-25(44)15-32(35)46)59-20-27-17-36(59)42(61)54(3)22-29(62-5)23-58-24(2)49-34-16-26(45)14-30(39(34)58)33-8-7-9-37(50-27)51-33/h7-11,14-16,18-19,21,27,29,36,38H,6,12-13,17,20,22-23H2,1-5H3,(H,50,51)/t27-,29-,36-,38?/m0/s1. The van der Waals surface area contributed by atoms with Gasteiger partial charge in [0.05, 0.1) is 52.8 Å². The van der Waals surface area contributed by atoms with E-state index in [2.05, 4.69) is 32.2 Å². The van der Waals surface area contributed by atoms with E-state index in [1.165, 1.54) is 28.9 Å². The van der Waals surface area contributed by atoms with Crippen molar-refractivity contribution in [1.29, 1.82) is 0 Å². The minimum Gasteiger partial charge on any atom is -0.378 e. The zero-order valence-corrected chi connectivity index (χ0v) is 34.9. The molecule has 1 unspecified atom stereocenters. The quantitative estimate of drug-likeness (QED) is 0.232. The number of benzene rings is 2. The van der Waals surface area contributed by atoms with E-state index in [0.29, 0.717) is 90.2 Å². The van der Waals surface area contributed by atoms with Gasteiger partial charge in [0.1, 0.15) is 47.0 Å². The molecule has 0 aliphatic carbocycles. The molecule has 0 radical (unpaired) electrons. The number of carbonyl (C=O) groups excluding carboxylic acids is 1. The Morgan fingerprint density at radius 3 is 2.50 bits per heavy atom. The van der Waals surface area contributed by atoms with Crippen molar-refractivity contribution in [2.75, 3.05) is 60.4 Å². The summed E-state index contributed by atoms with van der Waals surface area (Å²) in [4.78, 5) is 42.9. The molecule has 16 nitrogen and oxygen atoms in total. The summed E-state index contributed by atoms with van der Waals surface area (Å²) in [7, 11) is 5.24. The van der Waals surface area contributed by atoms with Gasteiger partial charge in [-0.15, -0.1) is 0 Å². The van der Waals surface area contributed by atoms with Gasteiger partial charge in [0, 0.05) is 77.3 Å². The van der Waals surface area contributed by atoms with Gasteiger partial charge >= 0.3 is 0 Å². The Kier molecular flexibility index (Phi) is 9.72. The molecule has 2 saturated heterocycles. The Hall–Kier alpha value is -6.76. The molecule has 7 aromatic rings. The number of ether oxygens (including phenoxy) is 1. The van der Waals surface area contributed by atoms with Crippen LogP contribution in [0.15, 0.2) is 67.1 Å². The van der Waals surface area contributed by atoms with E-state index in [0.717, 1.165) is 17.3 Å². The van der Waals surface area contributed by atoms with E-state index in [-0.39, 0.29) is 30.3 Å². The molecule has 10 rings (SSSR count). The molecule has 0 spiro atoms. The Morgan fingerprint density at radius 1 is 0.887 bits per heavy atom. The second-order valence-corrected chi connectivity index (χ2v) is 16.2. The lowest BCUT2D eigenvalue weighted by Crippen LogP contribution is -2.47. The van der Waals surface area contributed by atoms with E-state index in [4.69, 9.17) is 24.7 Å². The number of amides is 1. The average molecular weight is 847 g/mol. The number of aromatic nitrogens is 9. The molecule has 5 aromatic heterocycles. The first-order chi connectivity index (χ1) is 30.0. The molecule has 1 amide bonds. The van der Waals surface area contributed by atoms with Gasteiger partial charge in [-0.3, -0.25) is 9.48 Å². The van der Waals surface area contributed by atoms with Gasteiger partial charge in [-0.2, -0.15) is 20.2 Å². The molecule has 19 heteroatoms. The topological polar surface area (TPSA) is 143 Å². The zero-order chi connectivity index (χ0) is 43.0. The van der Waals surface area contributed by atoms with Crippen molar-refractivity contribution in [3.63, 3.8) is 0 Å². The zero-order valence-electron chi connectivity index (χ0n) is 34.9. The van der Waals surface area contributed by atoms with E-state index in [1.807, 2.05) is 54.0 Å². The van der Waals surface area contributed by atoms with E-state index < -0.39 is 29.6 Å². The van der Waals surface area contributed by atoms with Gasteiger partial charge in [0.2, 0.25) is 11.9 Å².